The van der Waals surface area contributed by atoms with Crippen molar-refractivity contribution in [2.75, 3.05) is 13.2 Å². The van der Waals surface area contributed by atoms with Gasteiger partial charge in [-0.25, -0.2) is 4.39 Å². The number of benzene rings is 2. The average Bonchev–Trinajstić information content (AvgIpc) is 3.14. The largest absolute Gasteiger partial charge is 0.491 e. The molecule has 25 heavy (non-hydrogen) atoms. The van der Waals surface area contributed by atoms with Gasteiger partial charge < -0.3 is 14.8 Å². The Balaban J connectivity index is 1.51. The van der Waals surface area contributed by atoms with Gasteiger partial charge in [0.2, 0.25) is 0 Å². The zero-order valence-electron chi connectivity index (χ0n) is 13.6. The molecule has 1 saturated heterocycles. The van der Waals surface area contributed by atoms with Gasteiger partial charge in [0.1, 0.15) is 18.2 Å². The summed E-state index contributed by atoms with van der Waals surface area (Å²) >= 11 is 3.26. The number of nitrogens with one attached hydrogen (secondary N) is 1. The van der Waals surface area contributed by atoms with Gasteiger partial charge in [0.25, 0.3) is 5.91 Å². The first-order chi connectivity index (χ1) is 12.1. The van der Waals surface area contributed by atoms with Gasteiger partial charge in [-0.2, -0.15) is 0 Å². The molecule has 0 bridgehead atoms. The maximum Gasteiger partial charge on any atom is 0.252 e. The summed E-state index contributed by atoms with van der Waals surface area (Å²) in [4.78, 5) is 12.2. The molecule has 0 radical (unpaired) electrons. The van der Waals surface area contributed by atoms with E-state index < -0.39 is 5.82 Å². The Bertz CT molecular complexity index is 730. The number of rotatable bonds is 6. The van der Waals surface area contributed by atoms with Gasteiger partial charge in [-0.3, -0.25) is 4.79 Å². The third-order valence-electron chi connectivity index (χ3n) is 4.01. The van der Waals surface area contributed by atoms with E-state index in [0.29, 0.717) is 17.6 Å². The standard InChI is InChI=1S/C19H19BrFNO3/c20-18-8-5-14(21)10-17(18)19(23)22-11-13-3-6-15(7-4-13)25-12-16-2-1-9-24-16/h3-8,10,16H,1-2,9,11-12H2,(H,22,23)/t16-/m0/s1. The van der Waals surface area contributed by atoms with Gasteiger partial charge in [-0.15, -0.1) is 0 Å². The van der Waals surface area contributed by atoms with Crippen LogP contribution in [0, 0.1) is 5.82 Å². The molecule has 0 saturated carbocycles. The van der Waals surface area contributed by atoms with E-state index in [9.17, 15) is 9.18 Å². The number of hydrogen-bond donors (Lipinski definition) is 1. The van der Waals surface area contributed by atoms with Crippen LogP contribution in [0.2, 0.25) is 0 Å². The fourth-order valence-corrected chi connectivity index (χ4v) is 3.04. The topological polar surface area (TPSA) is 47.6 Å². The summed E-state index contributed by atoms with van der Waals surface area (Å²) in [6.45, 7) is 1.73. The molecule has 0 unspecified atom stereocenters. The number of amides is 1. The highest BCUT2D eigenvalue weighted by Gasteiger charge is 2.16. The molecule has 1 amide bonds. The van der Waals surface area contributed by atoms with Crippen molar-refractivity contribution in [3.05, 3.63) is 63.9 Å². The van der Waals surface area contributed by atoms with Crippen LogP contribution in [0.5, 0.6) is 5.75 Å². The number of halogens is 2. The van der Waals surface area contributed by atoms with Crippen LogP contribution in [0.25, 0.3) is 0 Å². The third kappa shape index (κ3) is 5.03. The number of hydrogen-bond acceptors (Lipinski definition) is 3. The highest BCUT2D eigenvalue weighted by atomic mass is 79.9. The highest BCUT2D eigenvalue weighted by molar-refractivity contribution is 9.10. The van der Waals surface area contributed by atoms with Gasteiger partial charge >= 0.3 is 0 Å². The lowest BCUT2D eigenvalue weighted by atomic mass is 10.2. The van der Waals surface area contributed by atoms with Crippen molar-refractivity contribution in [2.24, 2.45) is 0 Å². The molecule has 0 aromatic heterocycles. The normalized spacial score (nSPS) is 16.6. The lowest BCUT2D eigenvalue weighted by Gasteiger charge is -2.12. The predicted molar refractivity (Wildman–Crippen MR) is 96.2 cm³/mol. The molecule has 1 fully saturated rings. The van der Waals surface area contributed by atoms with Gasteiger partial charge in [0, 0.05) is 17.6 Å². The first-order valence-electron chi connectivity index (χ1n) is 8.18. The summed E-state index contributed by atoms with van der Waals surface area (Å²) < 4.78 is 25.1. The summed E-state index contributed by atoms with van der Waals surface area (Å²) in [5, 5.41) is 2.78. The molecular weight excluding hydrogens is 389 g/mol. The number of carbonyl (C=O) groups excluding carboxylic acids is 1. The first kappa shape index (κ1) is 17.9. The first-order valence-corrected chi connectivity index (χ1v) is 8.98. The van der Waals surface area contributed by atoms with Gasteiger partial charge in [0.05, 0.1) is 11.7 Å². The second kappa shape index (κ2) is 8.45. The summed E-state index contributed by atoms with van der Waals surface area (Å²) in [5.74, 6) is 0.00429. The SMILES string of the molecule is O=C(NCc1ccc(OC[C@@H]2CCCO2)cc1)c1cc(F)ccc1Br. The average molecular weight is 408 g/mol. The summed E-state index contributed by atoms with van der Waals surface area (Å²) in [6.07, 6.45) is 2.32. The minimum absolute atomic E-state index is 0.184. The molecule has 4 nitrogen and oxygen atoms in total. The van der Waals surface area contributed by atoms with Gasteiger partial charge in [0.15, 0.2) is 0 Å². The zero-order chi connectivity index (χ0) is 17.6. The highest BCUT2D eigenvalue weighted by Crippen LogP contribution is 2.19. The van der Waals surface area contributed by atoms with E-state index in [0.717, 1.165) is 30.8 Å². The smallest absolute Gasteiger partial charge is 0.252 e. The lowest BCUT2D eigenvalue weighted by molar-refractivity contribution is 0.0679. The summed E-state index contributed by atoms with van der Waals surface area (Å²) in [6, 6.07) is 11.6. The van der Waals surface area contributed by atoms with Crippen molar-refractivity contribution in [3.63, 3.8) is 0 Å². The Labute approximate surface area is 154 Å². The van der Waals surface area contributed by atoms with Crippen LogP contribution in [0.3, 0.4) is 0 Å². The van der Waals surface area contributed by atoms with Crippen molar-refractivity contribution < 1.29 is 18.7 Å². The molecule has 1 aliphatic heterocycles. The van der Waals surface area contributed by atoms with Crippen LogP contribution >= 0.6 is 15.9 Å². The molecule has 0 spiro atoms. The minimum atomic E-state index is -0.443. The molecule has 1 heterocycles. The van der Waals surface area contributed by atoms with Gasteiger partial charge in [-0.05, 0) is 64.7 Å². The van der Waals surface area contributed by atoms with E-state index in [4.69, 9.17) is 9.47 Å². The molecule has 132 valence electrons. The molecule has 2 aromatic rings. The van der Waals surface area contributed by atoms with E-state index in [1.165, 1.54) is 18.2 Å². The minimum Gasteiger partial charge on any atom is -0.491 e. The molecular formula is C19H19BrFNO3. The van der Waals surface area contributed by atoms with Crippen LogP contribution < -0.4 is 10.1 Å². The molecule has 6 heteroatoms. The Morgan fingerprint density at radius 2 is 2.08 bits per heavy atom. The Morgan fingerprint density at radius 1 is 1.28 bits per heavy atom. The quantitative estimate of drug-likeness (QED) is 0.784. The molecule has 3 rings (SSSR count). The van der Waals surface area contributed by atoms with Crippen LogP contribution in [0.15, 0.2) is 46.9 Å². The fraction of sp³-hybridized carbons (Fsp3) is 0.316. The predicted octanol–water partition coefficient (Wildman–Crippen LogP) is 4.08. The summed E-state index contributed by atoms with van der Waals surface area (Å²) in [7, 11) is 0. The fourth-order valence-electron chi connectivity index (χ4n) is 2.62. The van der Waals surface area contributed by atoms with Crippen molar-refractivity contribution in [1.82, 2.24) is 5.32 Å². The second-order valence-electron chi connectivity index (χ2n) is 5.90. The molecule has 0 aliphatic carbocycles. The number of ether oxygens (including phenoxy) is 2. The zero-order valence-corrected chi connectivity index (χ0v) is 15.2. The van der Waals surface area contributed by atoms with Gasteiger partial charge in [-0.1, -0.05) is 12.1 Å². The maximum atomic E-state index is 13.3. The van der Waals surface area contributed by atoms with Crippen LogP contribution in [-0.2, 0) is 11.3 Å². The lowest BCUT2D eigenvalue weighted by Crippen LogP contribution is -2.23. The molecule has 1 atom stereocenters. The number of carbonyl (C=O) groups is 1. The second-order valence-corrected chi connectivity index (χ2v) is 6.75. The Kier molecular flexibility index (Phi) is 6.04. The van der Waals surface area contributed by atoms with Crippen molar-refractivity contribution >= 4 is 21.8 Å². The van der Waals surface area contributed by atoms with Crippen LogP contribution in [0.1, 0.15) is 28.8 Å². The molecule has 1 aliphatic rings. The van der Waals surface area contributed by atoms with Crippen molar-refractivity contribution in [1.29, 1.82) is 0 Å². The monoisotopic (exact) mass is 407 g/mol. The maximum absolute atomic E-state index is 13.3. The van der Waals surface area contributed by atoms with Crippen LogP contribution in [0.4, 0.5) is 4.39 Å². The van der Waals surface area contributed by atoms with E-state index in [1.807, 2.05) is 24.3 Å². The van der Waals surface area contributed by atoms with E-state index >= 15 is 0 Å². The van der Waals surface area contributed by atoms with E-state index in [1.54, 1.807) is 0 Å². The van der Waals surface area contributed by atoms with Crippen molar-refractivity contribution in [3.8, 4) is 5.75 Å². The Morgan fingerprint density at radius 3 is 2.80 bits per heavy atom. The molecule has 2 aromatic carbocycles. The van der Waals surface area contributed by atoms with E-state index in [2.05, 4.69) is 21.2 Å². The Hall–Kier alpha value is -1.92. The van der Waals surface area contributed by atoms with E-state index in [-0.39, 0.29) is 17.6 Å². The molecule has 1 N–H and O–H groups in total. The third-order valence-corrected chi connectivity index (χ3v) is 4.70. The summed E-state index contributed by atoms with van der Waals surface area (Å²) in [5.41, 5.74) is 1.21. The van der Waals surface area contributed by atoms with Crippen molar-refractivity contribution in [2.45, 2.75) is 25.5 Å². The van der Waals surface area contributed by atoms with Crippen LogP contribution in [-0.4, -0.2) is 25.2 Å².